The van der Waals surface area contributed by atoms with Crippen molar-refractivity contribution >= 4 is 12.1 Å². The van der Waals surface area contributed by atoms with Crippen molar-refractivity contribution in [2.45, 2.75) is 19.8 Å². The quantitative estimate of drug-likeness (QED) is 0.655. The number of hydrogen-bond donors (Lipinski definition) is 1. The molecule has 23 heavy (non-hydrogen) atoms. The normalized spacial score (nSPS) is 11.0. The van der Waals surface area contributed by atoms with Gasteiger partial charge in [-0.1, -0.05) is 44.2 Å². The molecule has 4 nitrogen and oxygen atoms in total. The summed E-state index contributed by atoms with van der Waals surface area (Å²) in [6, 6.07) is 13.4. The molecule has 1 N–H and O–H groups in total. The Bertz CT molecular complexity index is 682. The Morgan fingerprint density at radius 2 is 1.91 bits per heavy atom. The SMILES string of the molecule is CC(C)c1ccccc1OCC(=O)N/N=C/c1ccc(F)cc1. The van der Waals surface area contributed by atoms with Crippen molar-refractivity contribution in [2.75, 3.05) is 6.61 Å². The third-order valence-corrected chi connectivity index (χ3v) is 3.17. The lowest BCUT2D eigenvalue weighted by Gasteiger charge is -2.12. The molecule has 0 spiro atoms. The largest absolute Gasteiger partial charge is 0.483 e. The predicted molar refractivity (Wildman–Crippen MR) is 88.2 cm³/mol. The lowest BCUT2D eigenvalue weighted by molar-refractivity contribution is -0.123. The van der Waals surface area contributed by atoms with Crippen LogP contribution in [0.5, 0.6) is 5.75 Å². The fraction of sp³-hybridized carbons (Fsp3) is 0.222. The van der Waals surface area contributed by atoms with Crippen molar-refractivity contribution in [3.63, 3.8) is 0 Å². The Kier molecular flexibility index (Phi) is 5.86. The highest BCUT2D eigenvalue weighted by atomic mass is 19.1. The molecule has 0 saturated carbocycles. The van der Waals surface area contributed by atoms with Crippen molar-refractivity contribution in [3.8, 4) is 5.75 Å². The summed E-state index contributed by atoms with van der Waals surface area (Å²) in [7, 11) is 0. The van der Waals surface area contributed by atoms with Gasteiger partial charge in [-0.05, 0) is 35.2 Å². The van der Waals surface area contributed by atoms with Crippen LogP contribution in [0.25, 0.3) is 0 Å². The number of para-hydroxylation sites is 1. The second-order valence-corrected chi connectivity index (χ2v) is 5.33. The molecule has 0 heterocycles. The van der Waals surface area contributed by atoms with Gasteiger partial charge in [-0.25, -0.2) is 9.82 Å². The molecule has 0 aromatic heterocycles. The van der Waals surface area contributed by atoms with E-state index in [-0.39, 0.29) is 18.3 Å². The van der Waals surface area contributed by atoms with Crippen molar-refractivity contribution in [1.29, 1.82) is 0 Å². The Hall–Kier alpha value is -2.69. The molecule has 2 aromatic rings. The van der Waals surface area contributed by atoms with Gasteiger partial charge < -0.3 is 4.74 Å². The number of benzene rings is 2. The van der Waals surface area contributed by atoms with E-state index in [0.29, 0.717) is 17.2 Å². The van der Waals surface area contributed by atoms with Gasteiger partial charge in [0.05, 0.1) is 6.21 Å². The van der Waals surface area contributed by atoms with Gasteiger partial charge in [-0.15, -0.1) is 0 Å². The molecule has 0 unspecified atom stereocenters. The van der Waals surface area contributed by atoms with Gasteiger partial charge in [0.15, 0.2) is 6.61 Å². The Balaban J connectivity index is 1.85. The van der Waals surface area contributed by atoms with Gasteiger partial charge in [0.1, 0.15) is 11.6 Å². The molecule has 1 amide bonds. The van der Waals surface area contributed by atoms with Crippen LogP contribution in [-0.2, 0) is 4.79 Å². The summed E-state index contributed by atoms with van der Waals surface area (Å²) in [4.78, 5) is 11.7. The van der Waals surface area contributed by atoms with Crippen LogP contribution in [-0.4, -0.2) is 18.7 Å². The number of amides is 1. The molecule has 0 fully saturated rings. The fourth-order valence-corrected chi connectivity index (χ4v) is 1.99. The number of nitrogens with one attached hydrogen (secondary N) is 1. The van der Waals surface area contributed by atoms with Gasteiger partial charge >= 0.3 is 0 Å². The average molecular weight is 314 g/mol. The van der Waals surface area contributed by atoms with Crippen molar-refractivity contribution in [1.82, 2.24) is 5.43 Å². The summed E-state index contributed by atoms with van der Waals surface area (Å²) in [6.07, 6.45) is 1.44. The average Bonchev–Trinajstić information content (AvgIpc) is 2.55. The number of carbonyl (C=O) groups is 1. The van der Waals surface area contributed by atoms with Crippen LogP contribution < -0.4 is 10.2 Å². The van der Waals surface area contributed by atoms with E-state index in [9.17, 15) is 9.18 Å². The van der Waals surface area contributed by atoms with E-state index in [1.165, 1.54) is 18.3 Å². The highest BCUT2D eigenvalue weighted by Crippen LogP contribution is 2.25. The number of rotatable bonds is 6. The van der Waals surface area contributed by atoms with Crippen LogP contribution in [0.4, 0.5) is 4.39 Å². The second-order valence-electron chi connectivity index (χ2n) is 5.33. The highest BCUT2D eigenvalue weighted by Gasteiger charge is 2.08. The maximum absolute atomic E-state index is 12.8. The minimum Gasteiger partial charge on any atom is -0.483 e. The van der Waals surface area contributed by atoms with Gasteiger partial charge in [0.2, 0.25) is 0 Å². The minimum atomic E-state index is -0.359. The van der Waals surface area contributed by atoms with E-state index < -0.39 is 0 Å². The van der Waals surface area contributed by atoms with E-state index in [1.807, 2.05) is 24.3 Å². The van der Waals surface area contributed by atoms with Gasteiger partial charge in [0, 0.05) is 0 Å². The van der Waals surface area contributed by atoms with E-state index in [2.05, 4.69) is 24.4 Å². The highest BCUT2D eigenvalue weighted by molar-refractivity contribution is 5.82. The molecule has 5 heteroatoms. The zero-order chi connectivity index (χ0) is 16.7. The molecule has 0 aliphatic rings. The summed E-state index contributed by atoms with van der Waals surface area (Å²) in [6.45, 7) is 4.01. The Morgan fingerprint density at radius 1 is 1.22 bits per heavy atom. The summed E-state index contributed by atoms with van der Waals surface area (Å²) >= 11 is 0. The minimum absolute atomic E-state index is 0.121. The zero-order valence-electron chi connectivity index (χ0n) is 13.1. The van der Waals surface area contributed by atoms with E-state index in [0.717, 1.165) is 5.56 Å². The molecular formula is C18H19FN2O2. The lowest BCUT2D eigenvalue weighted by atomic mass is 10.0. The first-order chi connectivity index (χ1) is 11.1. The molecule has 0 radical (unpaired) electrons. The molecule has 0 atom stereocenters. The van der Waals surface area contributed by atoms with Gasteiger partial charge in [-0.3, -0.25) is 4.79 Å². The number of nitrogens with zero attached hydrogens (tertiary/aromatic N) is 1. The number of hydrogen-bond acceptors (Lipinski definition) is 3. The topological polar surface area (TPSA) is 50.7 Å². The number of carbonyl (C=O) groups excluding carboxylic acids is 1. The number of halogens is 1. The van der Waals surface area contributed by atoms with Crippen LogP contribution in [0, 0.1) is 5.82 Å². The van der Waals surface area contributed by atoms with Crippen LogP contribution in [0.15, 0.2) is 53.6 Å². The van der Waals surface area contributed by atoms with Crippen LogP contribution >= 0.6 is 0 Å². The predicted octanol–water partition coefficient (Wildman–Crippen LogP) is 3.48. The first kappa shape index (κ1) is 16.7. The van der Waals surface area contributed by atoms with Crippen molar-refractivity contribution in [2.24, 2.45) is 5.10 Å². The van der Waals surface area contributed by atoms with Crippen molar-refractivity contribution < 1.29 is 13.9 Å². The Morgan fingerprint density at radius 3 is 2.61 bits per heavy atom. The van der Waals surface area contributed by atoms with Crippen molar-refractivity contribution in [3.05, 3.63) is 65.5 Å². The van der Waals surface area contributed by atoms with Crippen LogP contribution in [0.3, 0.4) is 0 Å². The third-order valence-electron chi connectivity index (χ3n) is 3.17. The first-order valence-electron chi connectivity index (χ1n) is 7.35. The summed E-state index contributed by atoms with van der Waals surface area (Å²) in [5, 5.41) is 3.81. The van der Waals surface area contributed by atoms with Crippen LogP contribution in [0.2, 0.25) is 0 Å². The molecule has 120 valence electrons. The fourth-order valence-electron chi connectivity index (χ4n) is 1.99. The molecular weight excluding hydrogens is 295 g/mol. The summed E-state index contributed by atoms with van der Waals surface area (Å²) in [5.41, 5.74) is 4.12. The van der Waals surface area contributed by atoms with Crippen LogP contribution in [0.1, 0.15) is 30.9 Å². The monoisotopic (exact) mass is 314 g/mol. The van der Waals surface area contributed by atoms with Gasteiger partial charge in [-0.2, -0.15) is 5.10 Å². The number of hydrazone groups is 1. The molecule has 0 saturated heterocycles. The first-order valence-corrected chi connectivity index (χ1v) is 7.35. The summed E-state index contributed by atoms with van der Waals surface area (Å²) < 4.78 is 18.3. The lowest BCUT2D eigenvalue weighted by Crippen LogP contribution is -2.24. The summed E-state index contributed by atoms with van der Waals surface area (Å²) in [5.74, 6) is 0.330. The van der Waals surface area contributed by atoms with E-state index in [1.54, 1.807) is 12.1 Å². The molecule has 0 aliphatic heterocycles. The van der Waals surface area contributed by atoms with E-state index in [4.69, 9.17) is 4.74 Å². The maximum Gasteiger partial charge on any atom is 0.277 e. The second kappa shape index (κ2) is 8.08. The molecule has 2 rings (SSSR count). The zero-order valence-corrected chi connectivity index (χ0v) is 13.1. The molecule has 0 bridgehead atoms. The van der Waals surface area contributed by atoms with E-state index >= 15 is 0 Å². The smallest absolute Gasteiger partial charge is 0.277 e. The molecule has 0 aliphatic carbocycles. The third kappa shape index (κ3) is 5.21. The maximum atomic E-state index is 12.8. The van der Waals surface area contributed by atoms with Gasteiger partial charge in [0.25, 0.3) is 5.91 Å². The standard InChI is InChI=1S/C18H19FN2O2/c1-13(2)16-5-3-4-6-17(16)23-12-18(22)21-20-11-14-7-9-15(19)10-8-14/h3-11,13H,12H2,1-2H3,(H,21,22)/b20-11+. The molecule has 2 aromatic carbocycles. The number of ether oxygens (including phenoxy) is 1. The Labute approximate surface area is 135 Å².